The maximum absolute atomic E-state index is 5.74. The second-order valence-corrected chi connectivity index (χ2v) is 4.49. The minimum Gasteiger partial charge on any atom is -0.370 e. The van der Waals surface area contributed by atoms with E-state index in [9.17, 15) is 0 Å². The summed E-state index contributed by atoms with van der Waals surface area (Å²) >= 11 is 0. The number of para-hydroxylation sites is 1. The Kier molecular flexibility index (Phi) is 2.82. The third-order valence-electron chi connectivity index (χ3n) is 3.32. The van der Waals surface area contributed by atoms with Gasteiger partial charge in [-0.1, -0.05) is 12.1 Å². The smallest absolute Gasteiger partial charge is 0.136 e. The van der Waals surface area contributed by atoms with Crippen LogP contribution in [0.15, 0.2) is 18.2 Å². The van der Waals surface area contributed by atoms with Crippen molar-refractivity contribution < 1.29 is 4.74 Å². The number of benzene rings is 1. The third-order valence-corrected chi connectivity index (χ3v) is 3.32. The zero-order valence-corrected chi connectivity index (χ0v) is 9.78. The summed E-state index contributed by atoms with van der Waals surface area (Å²) in [7, 11) is 0. The molecule has 1 fully saturated rings. The SMILES string of the molecule is NCc1cccc2[nH]c(C3CCCCO3)nc12. The van der Waals surface area contributed by atoms with Gasteiger partial charge < -0.3 is 15.5 Å². The lowest BCUT2D eigenvalue weighted by atomic mass is 10.1. The zero-order valence-electron chi connectivity index (χ0n) is 9.78. The fourth-order valence-corrected chi connectivity index (χ4v) is 2.38. The molecule has 4 nitrogen and oxygen atoms in total. The lowest BCUT2D eigenvalue weighted by molar-refractivity contribution is 0.0101. The highest BCUT2D eigenvalue weighted by Gasteiger charge is 2.19. The van der Waals surface area contributed by atoms with E-state index in [0.29, 0.717) is 6.54 Å². The molecule has 0 radical (unpaired) electrons. The van der Waals surface area contributed by atoms with Crippen LogP contribution in [0.3, 0.4) is 0 Å². The Bertz CT molecular complexity index is 514. The van der Waals surface area contributed by atoms with Gasteiger partial charge in [0.15, 0.2) is 0 Å². The summed E-state index contributed by atoms with van der Waals surface area (Å²) in [5, 5.41) is 0. The number of imidazole rings is 1. The van der Waals surface area contributed by atoms with E-state index in [1.54, 1.807) is 0 Å². The normalized spacial score (nSPS) is 20.9. The summed E-state index contributed by atoms with van der Waals surface area (Å²) in [5.41, 5.74) is 8.84. The average Bonchev–Trinajstić information content (AvgIpc) is 2.83. The average molecular weight is 231 g/mol. The lowest BCUT2D eigenvalue weighted by Crippen LogP contribution is -2.12. The Morgan fingerprint density at radius 3 is 3.12 bits per heavy atom. The van der Waals surface area contributed by atoms with Crippen molar-refractivity contribution in [3.05, 3.63) is 29.6 Å². The molecule has 3 rings (SSSR count). The lowest BCUT2D eigenvalue weighted by Gasteiger charge is -2.20. The van der Waals surface area contributed by atoms with Gasteiger partial charge in [0.25, 0.3) is 0 Å². The van der Waals surface area contributed by atoms with Gasteiger partial charge in [-0.05, 0) is 30.9 Å². The highest BCUT2D eigenvalue weighted by Crippen LogP contribution is 2.28. The van der Waals surface area contributed by atoms with Crippen molar-refractivity contribution in [1.29, 1.82) is 0 Å². The van der Waals surface area contributed by atoms with Crippen molar-refractivity contribution in [2.45, 2.75) is 31.9 Å². The Balaban J connectivity index is 2.00. The maximum atomic E-state index is 5.74. The van der Waals surface area contributed by atoms with Crippen molar-refractivity contribution in [2.75, 3.05) is 6.61 Å². The van der Waals surface area contributed by atoms with E-state index in [1.807, 2.05) is 18.2 Å². The van der Waals surface area contributed by atoms with E-state index in [-0.39, 0.29) is 6.10 Å². The predicted molar refractivity (Wildman–Crippen MR) is 66.5 cm³/mol. The highest BCUT2D eigenvalue weighted by molar-refractivity contribution is 5.78. The van der Waals surface area contributed by atoms with Crippen LogP contribution >= 0.6 is 0 Å². The first-order valence-corrected chi connectivity index (χ1v) is 6.17. The molecule has 1 unspecified atom stereocenters. The number of nitrogens with zero attached hydrogens (tertiary/aromatic N) is 1. The van der Waals surface area contributed by atoms with Crippen molar-refractivity contribution in [1.82, 2.24) is 9.97 Å². The monoisotopic (exact) mass is 231 g/mol. The van der Waals surface area contributed by atoms with E-state index >= 15 is 0 Å². The summed E-state index contributed by atoms with van der Waals surface area (Å²) in [6, 6.07) is 6.07. The van der Waals surface area contributed by atoms with Crippen LogP contribution in [-0.2, 0) is 11.3 Å². The van der Waals surface area contributed by atoms with E-state index < -0.39 is 0 Å². The van der Waals surface area contributed by atoms with Crippen LogP contribution in [0, 0.1) is 0 Å². The second-order valence-electron chi connectivity index (χ2n) is 4.49. The molecule has 1 saturated heterocycles. The number of nitrogens with one attached hydrogen (secondary N) is 1. The summed E-state index contributed by atoms with van der Waals surface area (Å²) in [4.78, 5) is 7.99. The Morgan fingerprint density at radius 2 is 2.35 bits per heavy atom. The first-order valence-electron chi connectivity index (χ1n) is 6.17. The van der Waals surface area contributed by atoms with Crippen molar-refractivity contribution >= 4 is 11.0 Å². The van der Waals surface area contributed by atoms with Crippen LogP contribution in [0.2, 0.25) is 0 Å². The van der Waals surface area contributed by atoms with Gasteiger partial charge in [-0.25, -0.2) is 4.98 Å². The molecule has 0 saturated carbocycles. The molecule has 17 heavy (non-hydrogen) atoms. The van der Waals surface area contributed by atoms with Gasteiger partial charge in [0.1, 0.15) is 11.9 Å². The minimum atomic E-state index is 0.127. The van der Waals surface area contributed by atoms with Crippen LogP contribution < -0.4 is 5.73 Å². The molecule has 2 aromatic rings. The number of fused-ring (bicyclic) bond motifs is 1. The Morgan fingerprint density at radius 1 is 1.41 bits per heavy atom. The van der Waals surface area contributed by atoms with Crippen LogP contribution in [0.1, 0.15) is 36.8 Å². The second kappa shape index (κ2) is 4.47. The molecule has 90 valence electrons. The van der Waals surface area contributed by atoms with Crippen molar-refractivity contribution in [3.63, 3.8) is 0 Å². The molecule has 1 aromatic carbocycles. The van der Waals surface area contributed by atoms with Gasteiger partial charge in [0, 0.05) is 13.2 Å². The van der Waals surface area contributed by atoms with E-state index in [4.69, 9.17) is 10.5 Å². The standard InChI is InChI=1S/C13H17N3O/c14-8-9-4-3-5-10-12(9)16-13(15-10)11-6-1-2-7-17-11/h3-5,11H,1-2,6-8,14H2,(H,15,16). The fraction of sp³-hybridized carbons (Fsp3) is 0.462. The van der Waals surface area contributed by atoms with E-state index in [1.165, 1.54) is 6.42 Å². The molecule has 4 heteroatoms. The number of ether oxygens (including phenoxy) is 1. The molecule has 0 amide bonds. The topological polar surface area (TPSA) is 63.9 Å². The molecule has 1 aliphatic heterocycles. The minimum absolute atomic E-state index is 0.127. The van der Waals surface area contributed by atoms with Gasteiger partial charge in [0.05, 0.1) is 11.0 Å². The molecule has 1 atom stereocenters. The summed E-state index contributed by atoms with van der Waals surface area (Å²) in [6.07, 6.45) is 3.55. The summed E-state index contributed by atoms with van der Waals surface area (Å²) in [5.74, 6) is 0.945. The number of hydrogen-bond donors (Lipinski definition) is 2. The molecule has 2 heterocycles. The molecular weight excluding hydrogens is 214 g/mol. The van der Waals surface area contributed by atoms with Crippen molar-refractivity contribution in [2.24, 2.45) is 5.73 Å². The Hall–Kier alpha value is -1.39. The van der Waals surface area contributed by atoms with Gasteiger partial charge in [-0.3, -0.25) is 0 Å². The number of aromatic amines is 1. The van der Waals surface area contributed by atoms with Gasteiger partial charge in [-0.15, -0.1) is 0 Å². The number of aromatic nitrogens is 2. The summed E-state index contributed by atoms with van der Waals surface area (Å²) < 4.78 is 5.74. The molecule has 1 aromatic heterocycles. The number of rotatable bonds is 2. The van der Waals surface area contributed by atoms with Crippen LogP contribution in [0.4, 0.5) is 0 Å². The summed E-state index contributed by atoms with van der Waals surface area (Å²) in [6.45, 7) is 1.36. The number of H-pyrrole nitrogens is 1. The first-order chi connectivity index (χ1) is 8.38. The number of nitrogens with two attached hydrogens (primary N) is 1. The molecule has 0 aliphatic carbocycles. The van der Waals surface area contributed by atoms with E-state index in [2.05, 4.69) is 9.97 Å². The Labute approximate surface area is 100 Å². The molecule has 0 spiro atoms. The zero-order chi connectivity index (χ0) is 11.7. The van der Waals surface area contributed by atoms with Crippen LogP contribution in [0.5, 0.6) is 0 Å². The molecular formula is C13H17N3O. The predicted octanol–water partition coefficient (Wildman–Crippen LogP) is 2.26. The quantitative estimate of drug-likeness (QED) is 0.833. The maximum Gasteiger partial charge on any atom is 0.136 e. The molecule has 3 N–H and O–H groups in total. The first kappa shape index (κ1) is 10.7. The molecule has 0 bridgehead atoms. The highest BCUT2D eigenvalue weighted by atomic mass is 16.5. The molecule has 1 aliphatic rings. The number of hydrogen-bond acceptors (Lipinski definition) is 3. The van der Waals surface area contributed by atoms with Crippen LogP contribution in [-0.4, -0.2) is 16.6 Å². The van der Waals surface area contributed by atoms with E-state index in [0.717, 1.165) is 41.9 Å². The fourth-order valence-electron chi connectivity index (χ4n) is 2.38. The van der Waals surface area contributed by atoms with Crippen LogP contribution in [0.25, 0.3) is 11.0 Å². The largest absolute Gasteiger partial charge is 0.370 e. The third kappa shape index (κ3) is 1.94. The van der Waals surface area contributed by atoms with Gasteiger partial charge in [-0.2, -0.15) is 0 Å². The van der Waals surface area contributed by atoms with Crippen molar-refractivity contribution in [3.8, 4) is 0 Å². The van der Waals surface area contributed by atoms with Gasteiger partial charge in [0.2, 0.25) is 0 Å². The van der Waals surface area contributed by atoms with Gasteiger partial charge >= 0.3 is 0 Å².